The zero-order valence-corrected chi connectivity index (χ0v) is 14.6. The first-order valence-corrected chi connectivity index (χ1v) is 8.91. The van der Waals surface area contributed by atoms with Crippen molar-refractivity contribution in [3.05, 3.63) is 79.4 Å². The molecular weight excluding hydrogens is 350 g/mol. The van der Waals surface area contributed by atoms with Gasteiger partial charge in [-0.05, 0) is 42.5 Å². The number of furan rings is 1. The van der Waals surface area contributed by atoms with E-state index in [-0.39, 0.29) is 0 Å². The van der Waals surface area contributed by atoms with E-state index in [1.807, 2.05) is 65.4 Å². The molecule has 0 saturated heterocycles. The predicted molar refractivity (Wildman–Crippen MR) is 107 cm³/mol. The fourth-order valence-corrected chi connectivity index (χ4v) is 3.66. The second-order valence-corrected chi connectivity index (χ2v) is 6.46. The molecule has 0 radical (unpaired) electrons. The maximum Gasteiger partial charge on any atom is 0.229 e. The van der Waals surface area contributed by atoms with Crippen LogP contribution in [0.25, 0.3) is 50.3 Å². The summed E-state index contributed by atoms with van der Waals surface area (Å²) in [5, 5.41) is 3.06. The molecular formula is C22H13N5O. The van der Waals surface area contributed by atoms with Gasteiger partial charge in [-0.15, -0.1) is 0 Å². The van der Waals surface area contributed by atoms with Gasteiger partial charge in [-0.2, -0.15) is 0 Å². The van der Waals surface area contributed by atoms with Crippen LogP contribution in [-0.2, 0) is 0 Å². The van der Waals surface area contributed by atoms with Crippen LogP contribution in [0.2, 0.25) is 0 Å². The lowest BCUT2D eigenvalue weighted by Gasteiger charge is -2.07. The third-order valence-electron chi connectivity index (χ3n) is 4.85. The van der Waals surface area contributed by atoms with Gasteiger partial charge in [0.15, 0.2) is 0 Å². The molecule has 132 valence electrons. The largest absolute Gasteiger partial charge is 0.421 e. The van der Waals surface area contributed by atoms with Crippen molar-refractivity contribution in [1.82, 2.24) is 24.5 Å². The van der Waals surface area contributed by atoms with Crippen LogP contribution < -0.4 is 0 Å². The molecule has 0 aliphatic heterocycles. The van der Waals surface area contributed by atoms with E-state index in [1.165, 1.54) is 0 Å². The highest BCUT2D eigenvalue weighted by Crippen LogP contribution is 2.37. The minimum absolute atomic E-state index is 0.612. The van der Waals surface area contributed by atoms with Gasteiger partial charge < -0.3 is 4.42 Å². The Bertz CT molecular complexity index is 1470. The Morgan fingerprint density at radius 1 is 0.750 bits per heavy atom. The van der Waals surface area contributed by atoms with E-state index in [4.69, 9.17) is 9.40 Å². The number of fused-ring (bicyclic) bond motifs is 5. The van der Waals surface area contributed by atoms with Gasteiger partial charge in [0.05, 0.1) is 33.9 Å². The highest BCUT2D eigenvalue weighted by molar-refractivity contribution is 6.19. The van der Waals surface area contributed by atoms with Crippen LogP contribution >= 0.6 is 0 Å². The van der Waals surface area contributed by atoms with Crippen molar-refractivity contribution in [1.29, 1.82) is 0 Å². The fraction of sp³-hybridized carbons (Fsp3) is 0. The lowest BCUT2D eigenvalue weighted by atomic mass is 10.2. The first-order chi connectivity index (χ1) is 13.9. The maximum absolute atomic E-state index is 6.14. The molecule has 6 aromatic rings. The number of nitrogens with zero attached hydrogens (tertiary/aromatic N) is 5. The maximum atomic E-state index is 6.14. The van der Waals surface area contributed by atoms with Crippen LogP contribution in [0.5, 0.6) is 0 Å². The molecule has 0 spiro atoms. The number of hydrogen-bond donors (Lipinski definition) is 0. The van der Waals surface area contributed by atoms with Crippen molar-refractivity contribution < 1.29 is 4.42 Å². The molecule has 0 aliphatic carbocycles. The Morgan fingerprint density at radius 3 is 2.61 bits per heavy atom. The molecule has 0 saturated carbocycles. The van der Waals surface area contributed by atoms with Gasteiger partial charge in [0.2, 0.25) is 11.4 Å². The average Bonchev–Trinajstić information content (AvgIpc) is 3.29. The van der Waals surface area contributed by atoms with Crippen LogP contribution in [0.3, 0.4) is 0 Å². The highest BCUT2D eigenvalue weighted by Gasteiger charge is 2.20. The van der Waals surface area contributed by atoms with E-state index in [2.05, 4.69) is 15.0 Å². The summed E-state index contributed by atoms with van der Waals surface area (Å²) in [5.41, 5.74) is 3.88. The van der Waals surface area contributed by atoms with Crippen LogP contribution in [0.15, 0.2) is 83.8 Å². The van der Waals surface area contributed by atoms with Crippen molar-refractivity contribution in [2.75, 3.05) is 0 Å². The van der Waals surface area contributed by atoms with Crippen LogP contribution in [0, 0.1) is 0 Å². The van der Waals surface area contributed by atoms with E-state index < -0.39 is 0 Å². The molecule has 6 rings (SSSR count). The molecule has 6 nitrogen and oxygen atoms in total. The van der Waals surface area contributed by atoms with Crippen molar-refractivity contribution >= 4 is 33.1 Å². The van der Waals surface area contributed by atoms with E-state index in [0.29, 0.717) is 11.4 Å². The number of rotatable bonds is 2. The lowest BCUT2D eigenvalue weighted by molar-refractivity contribution is 0.630. The molecule has 0 fully saturated rings. The minimum Gasteiger partial charge on any atom is -0.421 e. The first kappa shape index (κ1) is 15.0. The molecule has 28 heavy (non-hydrogen) atoms. The summed E-state index contributed by atoms with van der Waals surface area (Å²) >= 11 is 0. The lowest BCUT2D eigenvalue weighted by Crippen LogP contribution is -1.98. The molecule has 6 heteroatoms. The van der Waals surface area contributed by atoms with Gasteiger partial charge in [0.25, 0.3) is 0 Å². The zero-order chi connectivity index (χ0) is 18.5. The summed E-state index contributed by atoms with van der Waals surface area (Å²) in [5.74, 6) is 0.746. The molecule has 6 aromatic heterocycles. The highest BCUT2D eigenvalue weighted by atomic mass is 16.4. The predicted octanol–water partition coefficient (Wildman–Crippen LogP) is 4.78. The molecule has 0 N–H and O–H groups in total. The molecule has 0 amide bonds. The zero-order valence-electron chi connectivity index (χ0n) is 14.6. The average molecular weight is 363 g/mol. The third-order valence-corrected chi connectivity index (χ3v) is 4.85. The third kappa shape index (κ3) is 2.08. The van der Waals surface area contributed by atoms with Crippen molar-refractivity contribution in [2.24, 2.45) is 0 Å². The van der Waals surface area contributed by atoms with Crippen molar-refractivity contribution in [3.8, 4) is 17.2 Å². The van der Waals surface area contributed by atoms with Crippen LogP contribution in [0.4, 0.5) is 0 Å². The molecule has 0 bridgehead atoms. The Balaban J connectivity index is 1.70. The summed E-state index contributed by atoms with van der Waals surface area (Å²) in [4.78, 5) is 17.9. The first-order valence-electron chi connectivity index (χ1n) is 8.91. The molecule has 0 atom stereocenters. The van der Waals surface area contributed by atoms with Gasteiger partial charge in [-0.3, -0.25) is 14.5 Å². The second kappa shape index (κ2) is 5.72. The normalized spacial score (nSPS) is 11.6. The van der Waals surface area contributed by atoms with E-state index in [9.17, 15) is 0 Å². The van der Waals surface area contributed by atoms with E-state index >= 15 is 0 Å². The smallest absolute Gasteiger partial charge is 0.229 e. The second-order valence-electron chi connectivity index (χ2n) is 6.46. The summed E-state index contributed by atoms with van der Waals surface area (Å²) in [6.45, 7) is 0. The summed E-state index contributed by atoms with van der Waals surface area (Å²) in [7, 11) is 0. The quantitative estimate of drug-likeness (QED) is 0.443. The van der Waals surface area contributed by atoms with Gasteiger partial charge in [-0.25, -0.2) is 9.97 Å². The van der Waals surface area contributed by atoms with E-state index in [0.717, 1.165) is 38.9 Å². The number of aromatic nitrogens is 5. The molecule has 6 heterocycles. The topological polar surface area (TPSA) is 69.6 Å². The Hall–Kier alpha value is -4.06. The molecule has 0 aromatic carbocycles. The van der Waals surface area contributed by atoms with Gasteiger partial charge in [-0.1, -0.05) is 12.1 Å². The van der Waals surface area contributed by atoms with E-state index in [1.54, 1.807) is 18.6 Å². The molecule has 0 unspecified atom stereocenters. The summed E-state index contributed by atoms with van der Waals surface area (Å²) in [6.07, 6.45) is 7.13. The Kier molecular flexibility index (Phi) is 3.07. The Labute approximate surface area is 159 Å². The number of pyridine rings is 4. The van der Waals surface area contributed by atoms with Crippen molar-refractivity contribution in [2.45, 2.75) is 0 Å². The molecule has 0 aliphatic rings. The van der Waals surface area contributed by atoms with Crippen LogP contribution in [-0.4, -0.2) is 24.5 Å². The Morgan fingerprint density at radius 2 is 1.68 bits per heavy atom. The summed E-state index contributed by atoms with van der Waals surface area (Å²) in [6, 6.07) is 17.6. The van der Waals surface area contributed by atoms with Gasteiger partial charge >= 0.3 is 0 Å². The summed E-state index contributed by atoms with van der Waals surface area (Å²) < 4.78 is 8.13. The minimum atomic E-state index is 0.612. The monoisotopic (exact) mass is 363 g/mol. The van der Waals surface area contributed by atoms with Gasteiger partial charge in [0.1, 0.15) is 5.82 Å². The number of hydrogen-bond acceptors (Lipinski definition) is 5. The van der Waals surface area contributed by atoms with Crippen LogP contribution in [0.1, 0.15) is 0 Å². The SMILES string of the molecule is c1ccc(-c2cccc(-n3c4cnccc4c4c5cccnc5oc43)n2)nc1. The van der Waals surface area contributed by atoms with Gasteiger partial charge in [0, 0.05) is 24.0 Å². The standard InChI is InChI=1S/C22H13N5O/c1-2-10-24-16(6-1)17-7-3-8-19(26-17)27-18-13-23-12-9-14(18)20-15-5-4-11-25-21(15)28-22(20)27/h1-13H. The van der Waals surface area contributed by atoms with Crippen molar-refractivity contribution in [3.63, 3.8) is 0 Å². The fourth-order valence-electron chi connectivity index (χ4n) is 3.66.